The van der Waals surface area contributed by atoms with E-state index in [1.807, 2.05) is 18.2 Å². The second kappa shape index (κ2) is 11.8. The average Bonchev–Trinajstić information content (AvgIpc) is 3.36. The van der Waals surface area contributed by atoms with Gasteiger partial charge in [-0.3, -0.25) is 4.99 Å². The third-order valence-corrected chi connectivity index (χ3v) is 7.06. The Hall–Kier alpha value is -3.52. The highest BCUT2D eigenvalue weighted by Gasteiger charge is 2.25. The van der Waals surface area contributed by atoms with Gasteiger partial charge in [-0.15, -0.1) is 5.10 Å². The Labute approximate surface area is 206 Å². The molecule has 1 aliphatic carbocycles. The number of benzene rings is 1. The van der Waals surface area contributed by atoms with Crippen molar-refractivity contribution in [2.24, 2.45) is 10.9 Å². The molecule has 8 heteroatoms. The predicted molar refractivity (Wildman–Crippen MR) is 141 cm³/mol. The van der Waals surface area contributed by atoms with Crippen LogP contribution in [0.1, 0.15) is 56.1 Å². The zero-order chi connectivity index (χ0) is 24.6. The van der Waals surface area contributed by atoms with E-state index in [1.165, 1.54) is 11.1 Å². The number of fused-ring (bicyclic) bond motifs is 1. The summed E-state index contributed by atoms with van der Waals surface area (Å²) in [6.07, 6.45) is 9.10. The normalized spacial score (nSPS) is 20.1. The van der Waals surface area contributed by atoms with Gasteiger partial charge in [0.25, 0.3) is 0 Å². The predicted octanol–water partition coefficient (Wildman–Crippen LogP) is 4.74. The second-order valence-corrected chi connectivity index (χ2v) is 9.14. The van der Waals surface area contributed by atoms with E-state index in [0.717, 1.165) is 55.5 Å². The number of allylic oxidation sites excluding steroid dienone is 2. The first-order chi connectivity index (χ1) is 17.1. The second-order valence-electron chi connectivity index (χ2n) is 9.14. The van der Waals surface area contributed by atoms with Crippen LogP contribution in [0.5, 0.6) is 0 Å². The number of pyridine rings is 1. The number of hydrogen-bond donors (Lipinski definition) is 3. The Morgan fingerprint density at radius 3 is 2.74 bits per heavy atom. The zero-order valence-electron chi connectivity index (χ0n) is 20.6. The monoisotopic (exact) mass is 473 g/mol. The van der Waals surface area contributed by atoms with Gasteiger partial charge in [0.05, 0.1) is 7.11 Å². The van der Waals surface area contributed by atoms with Crippen LogP contribution in [0.4, 0.5) is 5.82 Å². The minimum absolute atomic E-state index is 0.151. The van der Waals surface area contributed by atoms with Crippen molar-refractivity contribution in [2.45, 2.75) is 51.0 Å². The lowest BCUT2D eigenvalue weighted by atomic mass is 9.81. The first kappa shape index (κ1) is 24.6. The van der Waals surface area contributed by atoms with Crippen molar-refractivity contribution < 1.29 is 4.74 Å². The summed E-state index contributed by atoms with van der Waals surface area (Å²) in [5.74, 6) is 2.05. The van der Waals surface area contributed by atoms with E-state index in [-0.39, 0.29) is 5.92 Å². The number of methoxy groups -OCH3 is 1. The quantitative estimate of drug-likeness (QED) is 0.223. The number of hydrogen-bond acceptors (Lipinski definition) is 7. The topological polar surface area (TPSA) is 114 Å². The highest BCUT2D eigenvalue weighted by molar-refractivity contribution is 5.77. The molecular formula is C27H35N7O. The molecule has 4 rings (SSSR count). The lowest BCUT2D eigenvalue weighted by Crippen LogP contribution is -2.34. The molecule has 1 atom stereocenters. The first-order valence-electron chi connectivity index (χ1n) is 12.2. The number of nitrogens with zero attached hydrogens (tertiary/aromatic N) is 4. The molecule has 0 saturated heterocycles. The molecule has 1 fully saturated rings. The molecular weight excluding hydrogens is 438 g/mol. The number of H-pyrrole nitrogens is 1. The molecule has 2 aromatic heterocycles. The van der Waals surface area contributed by atoms with Crippen molar-refractivity contribution >= 4 is 23.7 Å². The molecule has 3 aromatic rings. The van der Waals surface area contributed by atoms with Crippen LogP contribution in [0.3, 0.4) is 0 Å². The van der Waals surface area contributed by atoms with E-state index < -0.39 is 0 Å². The van der Waals surface area contributed by atoms with Gasteiger partial charge in [0.1, 0.15) is 17.1 Å². The molecule has 0 radical (unpaired) electrons. The maximum absolute atomic E-state index is 6.11. The Morgan fingerprint density at radius 1 is 1.26 bits per heavy atom. The fraction of sp³-hybridized carbons (Fsp3) is 0.407. The lowest BCUT2D eigenvalue weighted by Gasteiger charge is -2.31. The number of ether oxygens (including phenoxy) is 1. The number of nitrogens with one attached hydrogen (secondary N) is 2. The van der Waals surface area contributed by atoms with Crippen LogP contribution in [-0.4, -0.2) is 46.8 Å². The molecule has 0 bridgehead atoms. The summed E-state index contributed by atoms with van der Waals surface area (Å²) in [6, 6.07) is 13.0. The number of aromatic nitrogens is 4. The van der Waals surface area contributed by atoms with Gasteiger partial charge >= 0.3 is 0 Å². The van der Waals surface area contributed by atoms with E-state index >= 15 is 0 Å². The molecule has 0 aliphatic heterocycles. The molecule has 0 amide bonds. The zero-order valence-corrected chi connectivity index (χ0v) is 20.6. The van der Waals surface area contributed by atoms with Crippen molar-refractivity contribution in [2.75, 3.05) is 19.4 Å². The van der Waals surface area contributed by atoms with Gasteiger partial charge in [-0.2, -0.15) is 10.3 Å². The Kier molecular flexibility index (Phi) is 8.26. The first-order valence-corrected chi connectivity index (χ1v) is 12.2. The number of anilines is 1. The van der Waals surface area contributed by atoms with Crippen LogP contribution >= 0.6 is 0 Å². The SMILES string of the molecule is C=N/C=C\C(OC)=C(/C)C1CCC(NCCC(c2ccccc2)c2cc(N)nc3n[nH]nc23)CC1. The van der Waals surface area contributed by atoms with Crippen LogP contribution in [0, 0.1) is 5.92 Å². The number of aliphatic imine (C=N–C) groups is 1. The van der Waals surface area contributed by atoms with Crippen LogP contribution in [0.15, 0.2) is 65.0 Å². The van der Waals surface area contributed by atoms with E-state index in [1.54, 1.807) is 13.3 Å². The molecule has 0 spiro atoms. The van der Waals surface area contributed by atoms with Crippen molar-refractivity contribution in [3.63, 3.8) is 0 Å². The molecule has 1 aromatic carbocycles. The summed E-state index contributed by atoms with van der Waals surface area (Å²) in [7, 11) is 1.71. The highest BCUT2D eigenvalue weighted by Crippen LogP contribution is 2.34. The van der Waals surface area contributed by atoms with Gasteiger partial charge in [0.15, 0.2) is 0 Å². The maximum atomic E-state index is 6.11. The van der Waals surface area contributed by atoms with Gasteiger partial charge in [0.2, 0.25) is 5.65 Å². The van der Waals surface area contributed by atoms with Crippen molar-refractivity contribution in [3.05, 3.63) is 71.1 Å². The summed E-state index contributed by atoms with van der Waals surface area (Å²) in [5.41, 5.74) is 11.0. The molecule has 1 saturated carbocycles. The summed E-state index contributed by atoms with van der Waals surface area (Å²) in [6.45, 7) is 6.58. The lowest BCUT2D eigenvalue weighted by molar-refractivity contribution is 0.277. The van der Waals surface area contributed by atoms with E-state index in [2.05, 4.69) is 68.6 Å². The van der Waals surface area contributed by atoms with Crippen LogP contribution < -0.4 is 11.1 Å². The van der Waals surface area contributed by atoms with Gasteiger partial charge in [-0.25, -0.2) is 4.98 Å². The number of nitrogen functional groups attached to an aromatic ring is 1. The van der Waals surface area contributed by atoms with Crippen LogP contribution in [0.2, 0.25) is 0 Å². The van der Waals surface area contributed by atoms with Gasteiger partial charge in [-0.1, -0.05) is 30.3 Å². The summed E-state index contributed by atoms with van der Waals surface area (Å²) < 4.78 is 5.57. The van der Waals surface area contributed by atoms with Crippen molar-refractivity contribution in [3.8, 4) is 0 Å². The van der Waals surface area contributed by atoms with E-state index in [4.69, 9.17) is 10.5 Å². The van der Waals surface area contributed by atoms with Gasteiger partial charge in [0, 0.05) is 18.2 Å². The number of aromatic amines is 1. The van der Waals surface area contributed by atoms with Gasteiger partial charge in [-0.05, 0) is 87.1 Å². The largest absolute Gasteiger partial charge is 0.497 e. The molecule has 2 heterocycles. The molecule has 1 aliphatic rings. The third-order valence-electron chi connectivity index (χ3n) is 7.06. The number of nitrogens with two attached hydrogens (primary N) is 1. The fourth-order valence-corrected chi connectivity index (χ4v) is 5.18. The fourth-order valence-electron chi connectivity index (χ4n) is 5.18. The third kappa shape index (κ3) is 5.95. The average molecular weight is 474 g/mol. The Morgan fingerprint density at radius 2 is 2.03 bits per heavy atom. The maximum Gasteiger partial charge on any atom is 0.203 e. The van der Waals surface area contributed by atoms with Gasteiger partial charge < -0.3 is 15.8 Å². The van der Waals surface area contributed by atoms with E-state index in [0.29, 0.717) is 23.4 Å². The van der Waals surface area contributed by atoms with E-state index in [9.17, 15) is 0 Å². The van der Waals surface area contributed by atoms with Crippen molar-refractivity contribution in [1.29, 1.82) is 0 Å². The molecule has 4 N–H and O–H groups in total. The smallest absolute Gasteiger partial charge is 0.203 e. The standard InChI is InChI=1S/C27H35N7O/c1-18(24(35-3)14-15-29-2)19-9-11-21(12-10-19)30-16-13-22(20-7-5-4-6-8-20)23-17-25(28)31-27-26(23)32-34-33-27/h4-8,14-15,17,19,21-22,30H,2,9-13,16H2,1,3H3,(H3,28,31,32,33,34)/b15-14-,24-18-. The molecule has 184 valence electrons. The molecule has 8 nitrogen and oxygen atoms in total. The summed E-state index contributed by atoms with van der Waals surface area (Å²) >= 11 is 0. The summed E-state index contributed by atoms with van der Waals surface area (Å²) in [5, 5.41) is 15.0. The van der Waals surface area contributed by atoms with Crippen molar-refractivity contribution in [1.82, 2.24) is 25.7 Å². The highest BCUT2D eigenvalue weighted by atomic mass is 16.5. The molecule has 1 unspecified atom stereocenters. The van der Waals surface area contributed by atoms with Crippen LogP contribution in [-0.2, 0) is 4.74 Å². The van der Waals surface area contributed by atoms with Crippen LogP contribution in [0.25, 0.3) is 11.2 Å². The Balaban J connectivity index is 1.41. The molecule has 35 heavy (non-hydrogen) atoms. The summed E-state index contributed by atoms with van der Waals surface area (Å²) in [4.78, 5) is 8.11. The minimum atomic E-state index is 0.151. The minimum Gasteiger partial charge on any atom is -0.497 e. The number of rotatable bonds is 10. The Bertz CT molecular complexity index is 1180.